The van der Waals surface area contributed by atoms with E-state index >= 15 is 0 Å². The molecular formula is C14H14F2O2. The number of hydrogen-bond acceptors (Lipinski definition) is 2. The van der Waals surface area contributed by atoms with Gasteiger partial charge in [0.15, 0.2) is 17.3 Å². The van der Waals surface area contributed by atoms with Crippen molar-refractivity contribution in [1.29, 1.82) is 0 Å². The van der Waals surface area contributed by atoms with Crippen LogP contribution < -0.4 is 4.74 Å². The number of benzene rings is 1. The highest BCUT2D eigenvalue weighted by Crippen LogP contribution is 2.42. The van der Waals surface area contributed by atoms with Crippen LogP contribution >= 0.6 is 0 Å². The quantitative estimate of drug-likeness (QED) is 0.704. The molecule has 1 fully saturated rings. The van der Waals surface area contributed by atoms with Gasteiger partial charge in [-0.1, -0.05) is 6.42 Å². The van der Waals surface area contributed by atoms with Crippen LogP contribution in [0.2, 0.25) is 0 Å². The Morgan fingerprint density at radius 3 is 2.56 bits per heavy atom. The summed E-state index contributed by atoms with van der Waals surface area (Å²) in [5.41, 5.74) is -0.509. The first-order chi connectivity index (χ1) is 8.60. The molecule has 1 aliphatic carbocycles. The van der Waals surface area contributed by atoms with Gasteiger partial charge in [-0.05, 0) is 31.7 Å². The summed E-state index contributed by atoms with van der Waals surface area (Å²) in [6, 6.07) is 1.84. The van der Waals surface area contributed by atoms with Crippen LogP contribution in [-0.4, -0.2) is 11.4 Å². The van der Waals surface area contributed by atoms with Crippen LogP contribution in [0.1, 0.15) is 48.9 Å². The number of fused-ring (bicyclic) bond motifs is 1. The maximum atomic E-state index is 13.7. The highest BCUT2D eigenvalue weighted by atomic mass is 19.1. The fourth-order valence-corrected chi connectivity index (χ4v) is 2.99. The number of Topliss-reactive ketones (excluding diaryl/α,β-unsaturated/α-hetero) is 1. The van der Waals surface area contributed by atoms with Crippen molar-refractivity contribution in [2.75, 3.05) is 0 Å². The van der Waals surface area contributed by atoms with Gasteiger partial charge in [-0.25, -0.2) is 8.78 Å². The predicted octanol–water partition coefficient (Wildman–Crippen LogP) is 3.63. The molecule has 0 radical (unpaired) electrons. The lowest BCUT2D eigenvalue weighted by Gasteiger charge is -2.40. The van der Waals surface area contributed by atoms with Gasteiger partial charge in [-0.3, -0.25) is 4.79 Å². The summed E-state index contributed by atoms with van der Waals surface area (Å²) in [6.45, 7) is 0. The van der Waals surface area contributed by atoms with E-state index in [0.29, 0.717) is 0 Å². The van der Waals surface area contributed by atoms with Crippen LogP contribution in [0, 0.1) is 11.6 Å². The van der Waals surface area contributed by atoms with E-state index in [0.717, 1.165) is 44.2 Å². The summed E-state index contributed by atoms with van der Waals surface area (Å²) in [6.07, 6.45) is 4.89. The van der Waals surface area contributed by atoms with Gasteiger partial charge in [0.05, 0.1) is 12.0 Å². The maximum Gasteiger partial charge on any atom is 0.170 e. The second-order valence-corrected chi connectivity index (χ2v) is 5.21. The zero-order valence-electron chi connectivity index (χ0n) is 9.97. The molecule has 0 atom stereocenters. The lowest BCUT2D eigenvalue weighted by atomic mass is 9.78. The molecule has 3 rings (SSSR count). The van der Waals surface area contributed by atoms with E-state index in [-0.39, 0.29) is 23.5 Å². The molecule has 0 amide bonds. The first-order valence-corrected chi connectivity index (χ1v) is 6.31. The first-order valence-electron chi connectivity index (χ1n) is 6.31. The van der Waals surface area contributed by atoms with E-state index < -0.39 is 17.2 Å². The van der Waals surface area contributed by atoms with E-state index in [1.807, 2.05) is 0 Å². The number of carbonyl (C=O) groups excluding carboxylic acids is 1. The number of hydrogen-bond donors (Lipinski definition) is 0. The van der Waals surface area contributed by atoms with Gasteiger partial charge in [-0.15, -0.1) is 0 Å². The Bertz CT molecular complexity index is 505. The Labute approximate surface area is 104 Å². The van der Waals surface area contributed by atoms with E-state index in [1.54, 1.807) is 0 Å². The molecule has 96 valence electrons. The summed E-state index contributed by atoms with van der Waals surface area (Å²) in [5.74, 6) is -1.78. The van der Waals surface area contributed by atoms with Gasteiger partial charge in [0.1, 0.15) is 11.4 Å². The van der Waals surface area contributed by atoms with Crippen molar-refractivity contribution in [3.63, 3.8) is 0 Å². The predicted molar refractivity (Wildman–Crippen MR) is 61.7 cm³/mol. The molecule has 18 heavy (non-hydrogen) atoms. The van der Waals surface area contributed by atoms with Crippen LogP contribution in [0.4, 0.5) is 8.78 Å². The second-order valence-electron chi connectivity index (χ2n) is 5.21. The molecular weight excluding hydrogens is 238 g/mol. The lowest BCUT2D eigenvalue weighted by Crippen LogP contribution is -2.44. The molecule has 0 unspecified atom stereocenters. The fourth-order valence-electron chi connectivity index (χ4n) is 2.99. The third-order valence-electron chi connectivity index (χ3n) is 3.87. The average molecular weight is 252 g/mol. The monoisotopic (exact) mass is 252 g/mol. The molecule has 4 heteroatoms. The molecule has 1 heterocycles. The van der Waals surface area contributed by atoms with Gasteiger partial charge in [0, 0.05) is 6.07 Å². The van der Waals surface area contributed by atoms with Gasteiger partial charge in [0.25, 0.3) is 0 Å². The lowest BCUT2D eigenvalue weighted by molar-refractivity contribution is 0.0103. The summed E-state index contributed by atoms with van der Waals surface area (Å²) in [5, 5.41) is 0. The number of ether oxygens (including phenoxy) is 1. The maximum absolute atomic E-state index is 13.7. The highest BCUT2D eigenvalue weighted by Gasteiger charge is 2.42. The minimum Gasteiger partial charge on any atom is -0.483 e. The van der Waals surface area contributed by atoms with E-state index in [9.17, 15) is 13.6 Å². The van der Waals surface area contributed by atoms with E-state index in [2.05, 4.69) is 0 Å². The minimum atomic E-state index is -0.775. The SMILES string of the molecule is O=C1CC2(CCCCC2)Oc2c(F)cc(F)cc21. The summed E-state index contributed by atoms with van der Waals surface area (Å²) >= 11 is 0. The zero-order valence-corrected chi connectivity index (χ0v) is 9.97. The van der Waals surface area contributed by atoms with Gasteiger partial charge in [0.2, 0.25) is 0 Å². The third-order valence-corrected chi connectivity index (χ3v) is 3.87. The van der Waals surface area contributed by atoms with Crippen molar-refractivity contribution in [3.8, 4) is 5.75 Å². The Morgan fingerprint density at radius 1 is 1.11 bits per heavy atom. The zero-order chi connectivity index (χ0) is 12.8. The van der Waals surface area contributed by atoms with Crippen molar-refractivity contribution in [1.82, 2.24) is 0 Å². The molecule has 1 spiro atoms. The first kappa shape index (κ1) is 11.6. The van der Waals surface area contributed by atoms with Crippen molar-refractivity contribution in [2.24, 2.45) is 0 Å². The van der Waals surface area contributed by atoms with Crippen LogP contribution in [0.3, 0.4) is 0 Å². The average Bonchev–Trinajstić information content (AvgIpc) is 2.32. The van der Waals surface area contributed by atoms with Gasteiger partial charge >= 0.3 is 0 Å². The van der Waals surface area contributed by atoms with Crippen molar-refractivity contribution < 1.29 is 18.3 Å². The van der Waals surface area contributed by atoms with Crippen LogP contribution in [0.25, 0.3) is 0 Å². The van der Waals surface area contributed by atoms with Crippen LogP contribution in [0.5, 0.6) is 5.75 Å². The number of halogens is 2. The third kappa shape index (κ3) is 1.80. The van der Waals surface area contributed by atoms with Crippen LogP contribution in [-0.2, 0) is 0 Å². The Hall–Kier alpha value is -1.45. The van der Waals surface area contributed by atoms with Crippen molar-refractivity contribution >= 4 is 5.78 Å². The van der Waals surface area contributed by atoms with Gasteiger partial charge in [-0.2, -0.15) is 0 Å². The Balaban J connectivity index is 2.04. The Kier molecular flexibility index (Phi) is 2.61. The molecule has 2 nitrogen and oxygen atoms in total. The molecule has 0 bridgehead atoms. The molecule has 0 saturated heterocycles. The molecule has 1 aromatic carbocycles. The van der Waals surface area contributed by atoms with Crippen LogP contribution in [0.15, 0.2) is 12.1 Å². The minimum absolute atomic E-state index is 0.0451. The van der Waals surface area contributed by atoms with Crippen molar-refractivity contribution in [2.45, 2.75) is 44.1 Å². The summed E-state index contributed by atoms with van der Waals surface area (Å²) in [4.78, 5) is 12.1. The highest BCUT2D eigenvalue weighted by molar-refractivity contribution is 6.00. The van der Waals surface area contributed by atoms with Crippen molar-refractivity contribution in [3.05, 3.63) is 29.3 Å². The smallest absolute Gasteiger partial charge is 0.170 e. The topological polar surface area (TPSA) is 26.3 Å². The second kappa shape index (κ2) is 4.04. The number of carbonyl (C=O) groups is 1. The van der Waals surface area contributed by atoms with E-state index in [4.69, 9.17) is 4.74 Å². The molecule has 0 aromatic heterocycles. The molecule has 2 aliphatic rings. The van der Waals surface area contributed by atoms with Gasteiger partial charge < -0.3 is 4.74 Å². The number of rotatable bonds is 0. The molecule has 1 aliphatic heterocycles. The largest absolute Gasteiger partial charge is 0.483 e. The van der Waals surface area contributed by atoms with E-state index in [1.165, 1.54) is 0 Å². The normalized spacial score (nSPS) is 21.6. The summed E-state index contributed by atoms with van der Waals surface area (Å²) in [7, 11) is 0. The standard InChI is InChI=1S/C14H14F2O2/c15-9-6-10-12(17)8-14(4-2-1-3-5-14)18-13(10)11(16)7-9/h6-7H,1-5,8H2. The summed E-state index contributed by atoms with van der Waals surface area (Å²) < 4.78 is 32.6. The fraction of sp³-hybridized carbons (Fsp3) is 0.500. The molecule has 1 saturated carbocycles. The Morgan fingerprint density at radius 2 is 1.83 bits per heavy atom. The molecule has 0 N–H and O–H groups in total. The number of ketones is 1. The molecule has 1 aromatic rings.